The molecule has 1 unspecified atom stereocenters. The second kappa shape index (κ2) is 7.29. The monoisotopic (exact) mass is 276 g/mol. The van der Waals surface area contributed by atoms with Crippen LogP contribution in [0.3, 0.4) is 0 Å². The third-order valence-electron chi connectivity index (χ3n) is 3.82. The van der Waals surface area contributed by atoms with Crippen LogP contribution in [0.15, 0.2) is 24.3 Å². The normalized spacial score (nSPS) is 18.1. The van der Waals surface area contributed by atoms with Crippen molar-refractivity contribution in [3.05, 3.63) is 29.8 Å². The topological polar surface area (TPSA) is 55.6 Å². The van der Waals surface area contributed by atoms with Gasteiger partial charge in [-0.05, 0) is 37.5 Å². The van der Waals surface area contributed by atoms with Crippen LogP contribution in [0.4, 0.5) is 5.69 Å². The number of amides is 1. The minimum Gasteiger partial charge on any atom is -0.399 e. The van der Waals surface area contributed by atoms with Crippen LogP contribution >= 0.6 is 0 Å². The van der Waals surface area contributed by atoms with Gasteiger partial charge < -0.3 is 15.4 Å². The lowest BCUT2D eigenvalue weighted by Crippen LogP contribution is -2.35. The Labute approximate surface area is 120 Å². The van der Waals surface area contributed by atoms with Crippen molar-refractivity contribution in [2.24, 2.45) is 5.92 Å². The van der Waals surface area contributed by atoms with Crippen LogP contribution in [0.25, 0.3) is 0 Å². The molecule has 110 valence electrons. The average molecular weight is 276 g/mol. The number of anilines is 1. The Morgan fingerprint density at radius 3 is 3.00 bits per heavy atom. The second-order valence-electron chi connectivity index (χ2n) is 5.41. The Morgan fingerprint density at radius 1 is 1.50 bits per heavy atom. The van der Waals surface area contributed by atoms with Crippen molar-refractivity contribution in [3.63, 3.8) is 0 Å². The summed E-state index contributed by atoms with van der Waals surface area (Å²) in [5.74, 6) is 0.730. The maximum atomic E-state index is 12.3. The standard InChI is InChI=1S/C16H24N2O2/c1-2-18(11-14-8-9-20-12-14)16(19)7-6-13-4-3-5-15(17)10-13/h3-5,10,14H,2,6-9,11-12,17H2,1H3. The van der Waals surface area contributed by atoms with Crippen molar-refractivity contribution >= 4 is 11.6 Å². The van der Waals surface area contributed by atoms with Crippen molar-refractivity contribution in [1.29, 1.82) is 0 Å². The second-order valence-corrected chi connectivity index (χ2v) is 5.41. The van der Waals surface area contributed by atoms with Gasteiger partial charge in [0.05, 0.1) is 6.61 Å². The molecule has 1 heterocycles. The third-order valence-corrected chi connectivity index (χ3v) is 3.82. The van der Waals surface area contributed by atoms with Crippen LogP contribution in [0.1, 0.15) is 25.3 Å². The smallest absolute Gasteiger partial charge is 0.222 e. The number of aryl methyl sites for hydroxylation is 1. The van der Waals surface area contributed by atoms with E-state index in [2.05, 4.69) is 0 Å². The molecule has 1 atom stereocenters. The first-order chi connectivity index (χ1) is 9.69. The number of carbonyl (C=O) groups excluding carboxylic acids is 1. The lowest BCUT2D eigenvalue weighted by molar-refractivity contribution is -0.131. The maximum absolute atomic E-state index is 12.3. The molecule has 1 aliphatic rings. The van der Waals surface area contributed by atoms with Crippen molar-refractivity contribution in [1.82, 2.24) is 4.90 Å². The fourth-order valence-electron chi connectivity index (χ4n) is 2.60. The number of carbonyl (C=O) groups is 1. The average Bonchev–Trinajstić information content (AvgIpc) is 2.95. The summed E-state index contributed by atoms with van der Waals surface area (Å²) in [6, 6.07) is 7.76. The van der Waals surface area contributed by atoms with E-state index in [9.17, 15) is 4.79 Å². The molecule has 1 aliphatic heterocycles. The quantitative estimate of drug-likeness (QED) is 0.809. The van der Waals surface area contributed by atoms with E-state index in [0.717, 1.165) is 50.4 Å². The Morgan fingerprint density at radius 2 is 2.35 bits per heavy atom. The van der Waals surface area contributed by atoms with Crippen LogP contribution in [0, 0.1) is 5.92 Å². The first-order valence-electron chi connectivity index (χ1n) is 7.39. The first kappa shape index (κ1) is 14.9. The molecule has 20 heavy (non-hydrogen) atoms. The summed E-state index contributed by atoms with van der Waals surface area (Å²) in [5, 5.41) is 0. The number of ether oxygens (including phenoxy) is 1. The fraction of sp³-hybridized carbons (Fsp3) is 0.562. The van der Waals surface area contributed by atoms with Crippen molar-refractivity contribution in [2.45, 2.75) is 26.2 Å². The Bertz CT molecular complexity index is 442. The highest BCUT2D eigenvalue weighted by Crippen LogP contribution is 2.15. The van der Waals surface area contributed by atoms with E-state index in [4.69, 9.17) is 10.5 Å². The Balaban J connectivity index is 1.82. The molecule has 0 aliphatic carbocycles. The minimum absolute atomic E-state index is 0.224. The summed E-state index contributed by atoms with van der Waals surface area (Å²) >= 11 is 0. The zero-order valence-corrected chi connectivity index (χ0v) is 12.2. The number of benzene rings is 1. The molecule has 0 radical (unpaired) electrons. The lowest BCUT2D eigenvalue weighted by atomic mass is 10.1. The molecular formula is C16H24N2O2. The van der Waals surface area contributed by atoms with Gasteiger partial charge in [-0.15, -0.1) is 0 Å². The molecule has 1 aromatic rings. The third kappa shape index (κ3) is 4.23. The molecule has 4 nitrogen and oxygen atoms in total. The van der Waals surface area contributed by atoms with Gasteiger partial charge in [0.2, 0.25) is 5.91 Å². The molecular weight excluding hydrogens is 252 g/mol. The van der Waals surface area contributed by atoms with E-state index in [-0.39, 0.29) is 5.91 Å². The fourth-order valence-corrected chi connectivity index (χ4v) is 2.60. The molecule has 1 fully saturated rings. The summed E-state index contributed by atoms with van der Waals surface area (Å²) in [6.45, 7) is 5.26. The van der Waals surface area contributed by atoms with Gasteiger partial charge in [-0.25, -0.2) is 0 Å². The van der Waals surface area contributed by atoms with Crippen LogP contribution in [0.2, 0.25) is 0 Å². The van der Waals surface area contributed by atoms with E-state index in [0.29, 0.717) is 12.3 Å². The van der Waals surface area contributed by atoms with E-state index in [1.54, 1.807) is 0 Å². The van der Waals surface area contributed by atoms with Crippen LogP contribution < -0.4 is 5.73 Å². The summed E-state index contributed by atoms with van der Waals surface area (Å²) < 4.78 is 5.37. The number of nitrogens with zero attached hydrogens (tertiary/aromatic N) is 1. The number of rotatable bonds is 6. The molecule has 2 N–H and O–H groups in total. The molecule has 0 spiro atoms. The van der Waals surface area contributed by atoms with E-state index in [1.807, 2.05) is 36.1 Å². The predicted octanol–water partition coefficient (Wildman–Crippen LogP) is 2.09. The summed E-state index contributed by atoms with van der Waals surface area (Å²) in [7, 11) is 0. The molecule has 0 aromatic heterocycles. The van der Waals surface area contributed by atoms with Gasteiger partial charge in [0.15, 0.2) is 0 Å². The van der Waals surface area contributed by atoms with Gasteiger partial charge in [-0.3, -0.25) is 4.79 Å². The SMILES string of the molecule is CCN(CC1CCOC1)C(=O)CCc1cccc(N)c1. The molecule has 1 aromatic carbocycles. The number of nitrogen functional groups attached to an aromatic ring is 1. The van der Waals surface area contributed by atoms with E-state index < -0.39 is 0 Å². The molecule has 0 saturated carbocycles. The molecule has 4 heteroatoms. The van der Waals surface area contributed by atoms with Crippen molar-refractivity contribution in [2.75, 3.05) is 32.0 Å². The number of hydrogen-bond acceptors (Lipinski definition) is 3. The van der Waals surface area contributed by atoms with Gasteiger partial charge in [0.1, 0.15) is 0 Å². The maximum Gasteiger partial charge on any atom is 0.222 e. The highest BCUT2D eigenvalue weighted by atomic mass is 16.5. The zero-order chi connectivity index (χ0) is 14.4. The van der Waals surface area contributed by atoms with Gasteiger partial charge in [0, 0.05) is 37.7 Å². The Hall–Kier alpha value is -1.55. The minimum atomic E-state index is 0.224. The Kier molecular flexibility index (Phi) is 5.41. The summed E-state index contributed by atoms with van der Waals surface area (Å²) in [4.78, 5) is 14.2. The predicted molar refractivity (Wildman–Crippen MR) is 80.4 cm³/mol. The van der Waals surface area contributed by atoms with Gasteiger partial charge in [-0.2, -0.15) is 0 Å². The van der Waals surface area contributed by atoms with Gasteiger partial charge >= 0.3 is 0 Å². The lowest BCUT2D eigenvalue weighted by Gasteiger charge is -2.23. The number of nitrogens with two attached hydrogens (primary N) is 1. The van der Waals surface area contributed by atoms with Crippen LogP contribution in [-0.4, -0.2) is 37.1 Å². The molecule has 1 amide bonds. The van der Waals surface area contributed by atoms with Crippen molar-refractivity contribution in [3.8, 4) is 0 Å². The van der Waals surface area contributed by atoms with Gasteiger partial charge in [-0.1, -0.05) is 12.1 Å². The van der Waals surface area contributed by atoms with Crippen LogP contribution in [0.5, 0.6) is 0 Å². The highest BCUT2D eigenvalue weighted by Gasteiger charge is 2.21. The molecule has 1 saturated heterocycles. The first-order valence-corrected chi connectivity index (χ1v) is 7.39. The largest absolute Gasteiger partial charge is 0.399 e. The van der Waals surface area contributed by atoms with E-state index in [1.165, 1.54) is 0 Å². The van der Waals surface area contributed by atoms with E-state index >= 15 is 0 Å². The van der Waals surface area contributed by atoms with Crippen molar-refractivity contribution < 1.29 is 9.53 Å². The summed E-state index contributed by atoms with van der Waals surface area (Å²) in [5.41, 5.74) is 7.63. The highest BCUT2D eigenvalue weighted by molar-refractivity contribution is 5.76. The molecule has 0 bridgehead atoms. The summed E-state index contributed by atoms with van der Waals surface area (Å²) in [6.07, 6.45) is 2.37. The number of hydrogen-bond donors (Lipinski definition) is 1. The van der Waals surface area contributed by atoms with Crippen LogP contribution in [-0.2, 0) is 16.0 Å². The molecule has 2 rings (SSSR count). The zero-order valence-electron chi connectivity index (χ0n) is 12.2. The van der Waals surface area contributed by atoms with Gasteiger partial charge in [0.25, 0.3) is 0 Å².